The Labute approximate surface area is 173 Å². The fourth-order valence-electron chi connectivity index (χ4n) is 2.74. The van der Waals surface area contributed by atoms with Gasteiger partial charge < -0.3 is 16.2 Å². The molecule has 0 aliphatic carbocycles. The van der Waals surface area contributed by atoms with E-state index in [2.05, 4.69) is 15.3 Å². The van der Waals surface area contributed by atoms with Gasteiger partial charge in [0.05, 0.1) is 11.0 Å². The van der Waals surface area contributed by atoms with Crippen LogP contribution in [0.15, 0.2) is 60.7 Å². The number of para-hydroxylation sites is 2. The molecule has 4 N–H and O–H groups in total. The van der Waals surface area contributed by atoms with Gasteiger partial charge in [-0.15, -0.1) is 0 Å². The molecule has 0 unspecified atom stereocenters. The SMILES string of the molecule is Nc1nc2ccccc2nc1NCc1ccc2ccccc2c1F.O=C(O)C(F)(F)F. The summed E-state index contributed by atoms with van der Waals surface area (Å²) in [5.41, 5.74) is 7.99. The van der Waals surface area contributed by atoms with Gasteiger partial charge in [-0.2, -0.15) is 13.2 Å². The van der Waals surface area contributed by atoms with E-state index in [1.807, 2.05) is 48.5 Å². The molecule has 0 spiro atoms. The molecule has 0 radical (unpaired) electrons. The topological polar surface area (TPSA) is 101 Å². The van der Waals surface area contributed by atoms with Crippen LogP contribution in [-0.2, 0) is 11.3 Å². The van der Waals surface area contributed by atoms with E-state index in [4.69, 9.17) is 15.6 Å². The van der Waals surface area contributed by atoms with E-state index < -0.39 is 12.1 Å². The van der Waals surface area contributed by atoms with Crippen molar-refractivity contribution in [3.05, 3.63) is 72.0 Å². The van der Waals surface area contributed by atoms with Crippen molar-refractivity contribution in [2.45, 2.75) is 12.7 Å². The van der Waals surface area contributed by atoms with Crippen LogP contribution in [0.3, 0.4) is 0 Å². The van der Waals surface area contributed by atoms with Gasteiger partial charge in [-0.25, -0.2) is 19.2 Å². The maximum Gasteiger partial charge on any atom is 0.490 e. The van der Waals surface area contributed by atoms with Crippen LogP contribution in [0, 0.1) is 5.82 Å². The number of hydrogen-bond donors (Lipinski definition) is 3. The van der Waals surface area contributed by atoms with E-state index in [-0.39, 0.29) is 12.4 Å². The Morgan fingerprint density at radius 2 is 1.55 bits per heavy atom. The number of carboxylic acids is 1. The second kappa shape index (κ2) is 8.82. The molecule has 0 atom stereocenters. The van der Waals surface area contributed by atoms with Crippen molar-refractivity contribution < 1.29 is 27.5 Å². The molecule has 0 fully saturated rings. The standard InChI is InChI=1S/C19H15FN4.C2HF3O2/c20-17-13(10-9-12-5-1-2-6-14(12)17)11-22-19-18(21)23-15-7-3-4-8-16(15)24-19;3-2(4,5)1(6)7/h1-10H,11H2,(H2,21,23)(H,22,24);(H,6,7). The maximum absolute atomic E-state index is 14.6. The number of carbonyl (C=O) groups is 1. The first-order valence-corrected chi connectivity index (χ1v) is 8.89. The fraction of sp³-hybridized carbons (Fsp3) is 0.0952. The molecule has 160 valence electrons. The average molecular weight is 432 g/mol. The second-order valence-electron chi connectivity index (χ2n) is 6.36. The minimum Gasteiger partial charge on any atom is -0.475 e. The van der Waals surface area contributed by atoms with E-state index in [1.165, 1.54) is 0 Å². The van der Waals surface area contributed by atoms with Crippen molar-refractivity contribution in [1.82, 2.24) is 9.97 Å². The summed E-state index contributed by atoms with van der Waals surface area (Å²) in [5.74, 6) is -2.23. The number of benzene rings is 3. The summed E-state index contributed by atoms with van der Waals surface area (Å²) >= 11 is 0. The highest BCUT2D eigenvalue weighted by Gasteiger charge is 2.38. The third-order valence-electron chi connectivity index (χ3n) is 4.23. The molecule has 0 aliphatic rings. The Balaban J connectivity index is 0.000000339. The largest absolute Gasteiger partial charge is 0.490 e. The predicted molar refractivity (Wildman–Crippen MR) is 109 cm³/mol. The minimum atomic E-state index is -5.08. The number of aromatic nitrogens is 2. The average Bonchev–Trinajstić information content (AvgIpc) is 2.73. The van der Waals surface area contributed by atoms with Gasteiger partial charge in [0, 0.05) is 17.5 Å². The van der Waals surface area contributed by atoms with Crippen LogP contribution in [0.25, 0.3) is 21.8 Å². The summed E-state index contributed by atoms with van der Waals surface area (Å²) in [7, 11) is 0. The normalized spacial score (nSPS) is 11.1. The first-order valence-electron chi connectivity index (χ1n) is 8.89. The lowest BCUT2D eigenvalue weighted by molar-refractivity contribution is -0.192. The summed E-state index contributed by atoms with van der Waals surface area (Å²) in [6.45, 7) is 0.286. The zero-order valence-electron chi connectivity index (χ0n) is 15.8. The lowest BCUT2D eigenvalue weighted by Crippen LogP contribution is -2.21. The van der Waals surface area contributed by atoms with E-state index in [1.54, 1.807) is 12.1 Å². The Morgan fingerprint density at radius 3 is 2.19 bits per heavy atom. The summed E-state index contributed by atoms with van der Waals surface area (Å²) in [5, 5.41) is 11.7. The van der Waals surface area contributed by atoms with Crippen LogP contribution < -0.4 is 11.1 Å². The van der Waals surface area contributed by atoms with Crippen molar-refractivity contribution in [2.75, 3.05) is 11.1 Å². The van der Waals surface area contributed by atoms with Crippen molar-refractivity contribution in [3.8, 4) is 0 Å². The Bertz CT molecular complexity index is 1240. The highest BCUT2D eigenvalue weighted by Crippen LogP contribution is 2.23. The van der Waals surface area contributed by atoms with Crippen LogP contribution in [0.1, 0.15) is 5.56 Å². The molecule has 6 nitrogen and oxygen atoms in total. The smallest absolute Gasteiger partial charge is 0.475 e. The summed E-state index contributed by atoms with van der Waals surface area (Å²) in [6.07, 6.45) is -5.08. The number of hydrogen-bond acceptors (Lipinski definition) is 5. The van der Waals surface area contributed by atoms with Crippen LogP contribution >= 0.6 is 0 Å². The van der Waals surface area contributed by atoms with Gasteiger partial charge in [-0.3, -0.25) is 0 Å². The van der Waals surface area contributed by atoms with Crippen LogP contribution in [0.5, 0.6) is 0 Å². The number of alkyl halides is 3. The molecular formula is C21H16F4N4O2. The molecule has 0 amide bonds. The molecule has 0 aliphatic heterocycles. The highest BCUT2D eigenvalue weighted by atomic mass is 19.4. The minimum absolute atomic E-state index is 0.229. The number of aliphatic carboxylic acids is 1. The lowest BCUT2D eigenvalue weighted by Gasteiger charge is -2.11. The molecule has 1 aromatic heterocycles. The van der Waals surface area contributed by atoms with Gasteiger partial charge in [0.15, 0.2) is 11.6 Å². The molecule has 4 rings (SSSR count). The van der Waals surface area contributed by atoms with Crippen molar-refractivity contribution >= 4 is 39.4 Å². The number of anilines is 2. The number of nitrogens with zero attached hydrogens (tertiary/aromatic N) is 2. The number of nitrogens with one attached hydrogen (secondary N) is 1. The molecular weight excluding hydrogens is 416 g/mol. The molecule has 31 heavy (non-hydrogen) atoms. The van der Waals surface area contributed by atoms with Crippen molar-refractivity contribution in [1.29, 1.82) is 0 Å². The zero-order chi connectivity index (χ0) is 22.6. The molecule has 4 aromatic rings. The molecule has 0 bridgehead atoms. The quantitative estimate of drug-likeness (QED) is 0.404. The monoisotopic (exact) mass is 432 g/mol. The van der Waals surface area contributed by atoms with Gasteiger partial charge in [-0.05, 0) is 17.5 Å². The van der Waals surface area contributed by atoms with Gasteiger partial charge in [-0.1, -0.05) is 48.5 Å². The predicted octanol–water partition coefficient (Wildman–Crippen LogP) is 4.75. The number of fused-ring (bicyclic) bond motifs is 2. The molecule has 1 heterocycles. The Kier molecular flexibility index (Phi) is 6.19. The van der Waals surface area contributed by atoms with E-state index in [0.717, 1.165) is 16.4 Å². The van der Waals surface area contributed by atoms with Gasteiger partial charge in [0.1, 0.15) is 5.82 Å². The van der Waals surface area contributed by atoms with Crippen LogP contribution in [0.4, 0.5) is 29.2 Å². The van der Waals surface area contributed by atoms with Crippen LogP contribution in [0.2, 0.25) is 0 Å². The van der Waals surface area contributed by atoms with E-state index in [0.29, 0.717) is 22.6 Å². The first kappa shape index (κ1) is 21.8. The third-order valence-corrected chi connectivity index (χ3v) is 4.23. The van der Waals surface area contributed by atoms with Gasteiger partial charge >= 0.3 is 12.1 Å². The Hall–Kier alpha value is -3.95. The zero-order valence-corrected chi connectivity index (χ0v) is 15.8. The van der Waals surface area contributed by atoms with Crippen molar-refractivity contribution in [2.24, 2.45) is 0 Å². The molecule has 10 heteroatoms. The number of nitrogen functional groups attached to an aromatic ring is 1. The summed E-state index contributed by atoms with van der Waals surface area (Å²) in [4.78, 5) is 17.7. The third kappa shape index (κ3) is 5.16. The molecule has 0 saturated carbocycles. The Morgan fingerprint density at radius 1 is 0.968 bits per heavy atom. The van der Waals surface area contributed by atoms with Crippen LogP contribution in [-0.4, -0.2) is 27.2 Å². The second-order valence-corrected chi connectivity index (χ2v) is 6.36. The van der Waals surface area contributed by atoms with Crippen molar-refractivity contribution in [3.63, 3.8) is 0 Å². The number of nitrogens with two attached hydrogens (primary N) is 1. The molecule has 3 aromatic carbocycles. The van der Waals surface area contributed by atoms with Gasteiger partial charge in [0.25, 0.3) is 0 Å². The van der Waals surface area contributed by atoms with Gasteiger partial charge in [0.2, 0.25) is 0 Å². The van der Waals surface area contributed by atoms with E-state index in [9.17, 15) is 17.6 Å². The molecule has 0 saturated heterocycles. The maximum atomic E-state index is 14.6. The summed E-state index contributed by atoms with van der Waals surface area (Å²) in [6, 6.07) is 18.6. The first-order chi connectivity index (χ1) is 14.7. The number of halogens is 4. The van der Waals surface area contributed by atoms with E-state index >= 15 is 0 Å². The summed E-state index contributed by atoms with van der Waals surface area (Å²) < 4.78 is 46.4. The highest BCUT2D eigenvalue weighted by molar-refractivity contribution is 5.84. The number of rotatable bonds is 3. The lowest BCUT2D eigenvalue weighted by atomic mass is 10.1. The number of carboxylic acid groups (broad SMARTS) is 1. The fourth-order valence-corrected chi connectivity index (χ4v) is 2.74.